The quantitative estimate of drug-likeness (QED) is 0.846. The van der Waals surface area contributed by atoms with Gasteiger partial charge in [0.15, 0.2) is 0 Å². The zero-order valence-corrected chi connectivity index (χ0v) is 10.8. The smallest absolute Gasteiger partial charge is 0.316 e. The fourth-order valence-corrected chi connectivity index (χ4v) is 1.62. The van der Waals surface area contributed by atoms with E-state index in [0.717, 1.165) is 5.56 Å². The van der Waals surface area contributed by atoms with E-state index in [1.54, 1.807) is 12.1 Å². The van der Waals surface area contributed by atoms with Crippen LogP contribution in [0.25, 0.3) is 0 Å². The number of carbonyl (C=O) groups is 1. The van der Waals surface area contributed by atoms with Crippen molar-refractivity contribution in [3.63, 3.8) is 0 Å². The summed E-state index contributed by atoms with van der Waals surface area (Å²) >= 11 is 0. The first kappa shape index (κ1) is 13.7. The molecule has 1 aromatic carbocycles. The predicted octanol–water partition coefficient (Wildman–Crippen LogP) is 2.32. The Balaban J connectivity index is 3.14. The molecule has 3 heteroatoms. The van der Waals surface area contributed by atoms with Crippen LogP contribution in [0.4, 0.5) is 0 Å². The van der Waals surface area contributed by atoms with E-state index in [2.05, 4.69) is 20.8 Å². The van der Waals surface area contributed by atoms with Crippen molar-refractivity contribution in [2.45, 2.75) is 38.5 Å². The van der Waals surface area contributed by atoms with E-state index in [-0.39, 0.29) is 5.41 Å². The summed E-state index contributed by atoms with van der Waals surface area (Å²) in [6.07, 6.45) is 0. The number of aliphatic carboxylic acids is 1. The summed E-state index contributed by atoms with van der Waals surface area (Å²) in [5.74, 6) is -1.01. The van der Waals surface area contributed by atoms with Gasteiger partial charge in [-0.1, -0.05) is 45.0 Å². The molecule has 0 aliphatic carbocycles. The van der Waals surface area contributed by atoms with E-state index in [1.165, 1.54) is 6.92 Å². The first-order valence-electron chi connectivity index (χ1n) is 5.67. The summed E-state index contributed by atoms with van der Waals surface area (Å²) in [6.45, 7) is 7.43. The lowest BCUT2D eigenvalue weighted by Crippen LogP contribution is -2.36. The van der Waals surface area contributed by atoms with Crippen LogP contribution in [0.5, 0.6) is 0 Å². The van der Waals surface area contributed by atoms with E-state index in [4.69, 9.17) is 5.11 Å². The first-order chi connectivity index (χ1) is 7.71. The fourth-order valence-electron chi connectivity index (χ4n) is 1.62. The first-order valence-corrected chi connectivity index (χ1v) is 5.67. The summed E-state index contributed by atoms with van der Waals surface area (Å²) in [5, 5.41) is 18.4. The number of carboxylic acid groups (broad SMARTS) is 1. The highest BCUT2D eigenvalue weighted by atomic mass is 16.4. The third kappa shape index (κ3) is 2.67. The fraction of sp³-hybridized carbons (Fsp3) is 0.500. The third-order valence-electron chi connectivity index (χ3n) is 3.18. The van der Waals surface area contributed by atoms with Crippen LogP contribution in [0.3, 0.4) is 0 Å². The van der Waals surface area contributed by atoms with E-state index >= 15 is 0 Å². The highest BCUT2D eigenvalue weighted by Gasteiger charge is 2.34. The molecule has 17 heavy (non-hydrogen) atoms. The minimum absolute atomic E-state index is 0.0391. The zero-order valence-electron chi connectivity index (χ0n) is 10.8. The Bertz CT molecular complexity index is 400. The lowest BCUT2D eigenvalue weighted by Gasteiger charge is -2.24. The van der Waals surface area contributed by atoms with Gasteiger partial charge in [-0.25, -0.2) is 0 Å². The molecule has 3 nitrogen and oxygen atoms in total. The highest BCUT2D eigenvalue weighted by Crippen LogP contribution is 2.27. The highest BCUT2D eigenvalue weighted by molar-refractivity contribution is 5.81. The van der Waals surface area contributed by atoms with Crippen LogP contribution in [0.2, 0.25) is 0 Å². The number of rotatable bonds is 3. The molecule has 0 saturated carbocycles. The molecule has 0 heterocycles. The molecule has 1 aromatic rings. The monoisotopic (exact) mass is 236 g/mol. The Morgan fingerprint density at radius 1 is 1.06 bits per heavy atom. The van der Waals surface area contributed by atoms with Crippen molar-refractivity contribution in [3.05, 3.63) is 35.4 Å². The summed E-state index contributed by atoms with van der Waals surface area (Å²) in [4.78, 5) is 11.2. The summed E-state index contributed by atoms with van der Waals surface area (Å²) in [7, 11) is 0. The largest absolute Gasteiger partial charge is 0.481 e. The second-order valence-corrected chi connectivity index (χ2v) is 5.62. The molecule has 0 spiro atoms. The summed E-state index contributed by atoms with van der Waals surface area (Å²) in [5.41, 5.74) is 0.584. The molecule has 0 aliphatic rings. The molecule has 0 aromatic heterocycles. The molecular formula is C14H20O3. The van der Waals surface area contributed by atoms with Crippen molar-refractivity contribution in [3.8, 4) is 0 Å². The minimum atomic E-state index is -1.23. The second kappa shape index (κ2) is 4.49. The number of aliphatic hydroxyl groups is 1. The number of carboxylic acids is 1. The van der Waals surface area contributed by atoms with Gasteiger partial charge >= 0.3 is 5.97 Å². The van der Waals surface area contributed by atoms with Gasteiger partial charge in [0.25, 0.3) is 0 Å². The van der Waals surface area contributed by atoms with E-state index in [9.17, 15) is 9.90 Å². The van der Waals surface area contributed by atoms with Gasteiger partial charge in [-0.3, -0.25) is 4.79 Å². The molecule has 1 atom stereocenters. The third-order valence-corrected chi connectivity index (χ3v) is 3.18. The number of aliphatic hydroxyl groups excluding tert-OH is 1. The Labute approximate surface area is 102 Å². The van der Waals surface area contributed by atoms with Crippen LogP contribution >= 0.6 is 0 Å². The van der Waals surface area contributed by atoms with Crippen molar-refractivity contribution >= 4 is 5.97 Å². The molecule has 0 fully saturated rings. The molecule has 1 rings (SSSR count). The Kier molecular flexibility index (Phi) is 3.62. The normalized spacial score (nSPS) is 15.4. The van der Waals surface area contributed by atoms with Crippen molar-refractivity contribution in [1.29, 1.82) is 0 Å². The molecule has 0 aliphatic heterocycles. The molecule has 1 unspecified atom stereocenters. The van der Waals surface area contributed by atoms with Gasteiger partial charge in [0.1, 0.15) is 5.41 Å². The Morgan fingerprint density at radius 2 is 1.47 bits per heavy atom. The van der Waals surface area contributed by atoms with Crippen molar-refractivity contribution in [1.82, 2.24) is 0 Å². The maximum atomic E-state index is 11.2. The molecule has 0 radical (unpaired) electrons. The van der Waals surface area contributed by atoms with Gasteiger partial charge < -0.3 is 10.2 Å². The second-order valence-electron chi connectivity index (χ2n) is 5.62. The number of hydrogen-bond donors (Lipinski definition) is 2. The van der Waals surface area contributed by atoms with Crippen LogP contribution in [-0.2, 0) is 15.6 Å². The lowest BCUT2D eigenvalue weighted by atomic mass is 9.80. The predicted molar refractivity (Wildman–Crippen MR) is 67.2 cm³/mol. The van der Waals surface area contributed by atoms with Gasteiger partial charge in [0, 0.05) is 0 Å². The van der Waals surface area contributed by atoms with Gasteiger partial charge in [-0.15, -0.1) is 0 Å². The number of benzene rings is 1. The standard InChI is InChI=1S/C14H20O3/c1-13(2,3)10-5-7-11(8-6-10)14(4,9-15)12(16)17/h5-8,15H,9H2,1-4H3,(H,16,17). The van der Waals surface area contributed by atoms with E-state index in [0.29, 0.717) is 5.56 Å². The lowest BCUT2D eigenvalue weighted by molar-refractivity contribution is -0.144. The maximum absolute atomic E-state index is 11.2. The summed E-state index contributed by atoms with van der Waals surface area (Å²) < 4.78 is 0. The van der Waals surface area contributed by atoms with Crippen molar-refractivity contribution in [2.75, 3.05) is 6.61 Å². The van der Waals surface area contributed by atoms with Crippen molar-refractivity contribution < 1.29 is 15.0 Å². The topological polar surface area (TPSA) is 57.5 Å². The van der Waals surface area contributed by atoms with Crippen LogP contribution < -0.4 is 0 Å². The molecule has 2 N–H and O–H groups in total. The molecule has 94 valence electrons. The summed E-state index contributed by atoms with van der Waals surface area (Å²) in [6, 6.07) is 7.41. The SMILES string of the molecule is CC(C)(C)c1ccc(C(C)(CO)C(=O)O)cc1. The minimum Gasteiger partial charge on any atom is -0.481 e. The van der Waals surface area contributed by atoms with Gasteiger partial charge in [-0.05, 0) is 23.5 Å². The van der Waals surface area contributed by atoms with Crippen LogP contribution in [-0.4, -0.2) is 22.8 Å². The Morgan fingerprint density at radius 3 is 1.76 bits per heavy atom. The van der Waals surface area contributed by atoms with Gasteiger partial charge in [-0.2, -0.15) is 0 Å². The molecule has 0 saturated heterocycles. The van der Waals surface area contributed by atoms with Gasteiger partial charge in [0.2, 0.25) is 0 Å². The maximum Gasteiger partial charge on any atom is 0.316 e. The van der Waals surface area contributed by atoms with Gasteiger partial charge in [0.05, 0.1) is 6.61 Å². The molecular weight excluding hydrogens is 216 g/mol. The number of hydrogen-bond acceptors (Lipinski definition) is 2. The Hall–Kier alpha value is -1.35. The molecule has 0 bridgehead atoms. The zero-order chi connectivity index (χ0) is 13.3. The average molecular weight is 236 g/mol. The van der Waals surface area contributed by atoms with E-state index < -0.39 is 18.0 Å². The average Bonchev–Trinajstić information content (AvgIpc) is 2.26. The van der Waals surface area contributed by atoms with Crippen LogP contribution in [0, 0.1) is 0 Å². The van der Waals surface area contributed by atoms with Crippen LogP contribution in [0.1, 0.15) is 38.8 Å². The van der Waals surface area contributed by atoms with Crippen molar-refractivity contribution in [2.24, 2.45) is 0 Å². The van der Waals surface area contributed by atoms with E-state index in [1.807, 2.05) is 12.1 Å². The molecule has 0 amide bonds. The van der Waals surface area contributed by atoms with Crippen LogP contribution in [0.15, 0.2) is 24.3 Å².